The normalized spacial score (nSPS) is 11.9. The predicted molar refractivity (Wildman–Crippen MR) is 284 cm³/mol. The van der Waals surface area contributed by atoms with Crippen LogP contribution in [0.15, 0.2) is 224 Å². The summed E-state index contributed by atoms with van der Waals surface area (Å²) in [5.41, 5.74) is 8.50. The summed E-state index contributed by atoms with van der Waals surface area (Å²) in [7, 11) is 0. The fourth-order valence-corrected chi connectivity index (χ4v) is 11.6. The monoisotopic (exact) mass is 867 g/mol. The molecule has 0 amide bonds. The summed E-state index contributed by atoms with van der Waals surface area (Å²) in [4.78, 5) is 16.7. The summed E-state index contributed by atoms with van der Waals surface area (Å²) in [6, 6.07) is 81.4. The van der Waals surface area contributed by atoms with Gasteiger partial charge < -0.3 is 0 Å². The van der Waals surface area contributed by atoms with E-state index >= 15 is 0 Å². The largest absolute Gasteiger partial charge is 0.208 e. The Balaban J connectivity index is 0.925. The van der Waals surface area contributed by atoms with Gasteiger partial charge in [0.1, 0.15) is 0 Å². The molecule has 0 unspecified atom stereocenters. The third-order valence-corrected chi connectivity index (χ3v) is 14.7. The highest BCUT2D eigenvalue weighted by molar-refractivity contribution is 7.22. The molecule has 0 N–H and O–H groups in total. The predicted octanol–water partition coefficient (Wildman–Crippen LogP) is 17.4. The van der Waals surface area contributed by atoms with Crippen LogP contribution >= 0.6 is 11.3 Å². The molecule has 4 heteroatoms. The summed E-state index contributed by atoms with van der Waals surface area (Å²) in [5.74, 6) is 1.92. The van der Waals surface area contributed by atoms with Gasteiger partial charge >= 0.3 is 0 Å². The van der Waals surface area contributed by atoms with Crippen LogP contribution in [0.25, 0.3) is 142 Å². The molecule has 0 spiro atoms. The van der Waals surface area contributed by atoms with Crippen molar-refractivity contribution >= 4 is 86.1 Å². The molecule has 67 heavy (non-hydrogen) atoms. The zero-order chi connectivity index (χ0) is 44.0. The molecule has 0 bridgehead atoms. The van der Waals surface area contributed by atoms with Crippen molar-refractivity contribution in [1.29, 1.82) is 0 Å². The maximum absolute atomic E-state index is 5.25. The lowest BCUT2D eigenvalue weighted by atomic mass is 9.86. The van der Waals surface area contributed by atoms with Crippen molar-refractivity contribution in [3.05, 3.63) is 224 Å². The molecular weight excluding hydrogens is 831 g/mol. The van der Waals surface area contributed by atoms with Gasteiger partial charge in [0.25, 0.3) is 0 Å². The zero-order valence-electron chi connectivity index (χ0n) is 36.1. The van der Waals surface area contributed by atoms with E-state index in [2.05, 4.69) is 206 Å². The molecule has 0 aliphatic heterocycles. The van der Waals surface area contributed by atoms with Crippen molar-refractivity contribution in [2.75, 3.05) is 0 Å². The molecule has 310 valence electrons. The van der Waals surface area contributed by atoms with E-state index in [9.17, 15) is 0 Å². The molecule has 14 aromatic rings. The molecule has 12 aromatic carbocycles. The number of nitrogens with zero attached hydrogens (tertiary/aromatic N) is 3. The second kappa shape index (κ2) is 15.0. The van der Waals surface area contributed by atoms with Gasteiger partial charge in [-0.3, -0.25) is 0 Å². The van der Waals surface area contributed by atoms with E-state index in [0.29, 0.717) is 17.5 Å². The van der Waals surface area contributed by atoms with Crippen LogP contribution in [-0.4, -0.2) is 15.0 Å². The first-order valence-corrected chi connectivity index (χ1v) is 23.6. The number of thiophene rings is 1. The molecule has 3 nitrogen and oxygen atoms in total. The first-order valence-electron chi connectivity index (χ1n) is 22.7. The first-order chi connectivity index (χ1) is 33.2. The van der Waals surface area contributed by atoms with Crippen molar-refractivity contribution in [1.82, 2.24) is 15.0 Å². The number of aromatic nitrogens is 3. The molecule has 0 aliphatic rings. The highest BCUT2D eigenvalue weighted by Gasteiger charge is 2.19. The topological polar surface area (TPSA) is 38.7 Å². The van der Waals surface area contributed by atoms with E-state index in [-0.39, 0.29) is 0 Å². The second-order valence-corrected chi connectivity index (χ2v) is 18.6. The van der Waals surface area contributed by atoms with E-state index in [1.807, 2.05) is 18.2 Å². The number of fused-ring (bicyclic) bond motifs is 3. The zero-order valence-corrected chi connectivity index (χ0v) is 36.9. The van der Waals surface area contributed by atoms with Gasteiger partial charge in [-0.25, -0.2) is 15.0 Å². The average molecular weight is 868 g/mol. The Hall–Kier alpha value is -8.57. The molecule has 0 atom stereocenters. The van der Waals surface area contributed by atoms with Gasteiger partial charge in [-0.1, -0.05) is 188 Å². The van der Waals surface area contributed by atoms with Crippen LogP contribution in [-0.2, 0) is 0 Å². The van der Waals surface area contributed by atoms with E-state index < -0.39 is 0 Å². The Kier molecular flexibility index (Phi) is 8.45. The Morgan fingerprint density at radius 2 is 0.716 bits per heavy atom. The summed E-state index contributed by atoms with van der Waals surface area (Å²) >= 11 is 1.79. The molecule has 2 aromatic heterocycles. The van der Waals surface area contributed by atoms with Crippen LogP contribution in [0.1, 0.15) is 0 Å². The molecule has 0 fully saturated rings. The minimum Gasteiger partial charge on any atom is -0.208 e. The number of hydrogen-bond acceptors (Lipinski definition) is 4. The summed E-state index contributed by atoms with van der Waals surface area (Å²) in [5, 5.41) is 16.6. The van der Waals surface area contributed by atoms with Crippen LogP contribution in [0.3, 0.4) is 0 Å². The third-order valence-electron chi connectivity index (χ3n) is 13.6. The first kappa shape index (κ1) is 37.8. The van der Waals surface area contributed by atoms with Crippen LogP contribution in [0.5, 0.6) is 0 Å². The summed E-state index contributed by atoms with van der Waals surface area (Å²) < 4.78 is 1.25. The SMILES string of the molecule is c1ccc(-c2nc(-c3cccc(-c4cccc(-c5cc6ccc7cccc8c9cccc%10ccc%11cccc(c(c5)c6c78)c%11c%109)c4)c3)nc(-c3ccccc3-c3cc4ccccc4s3)n2)cc1. The van der Waals surface area contributed by atoms with Crippen molar-refractivity contribution in [3.63, 3.8) is 0 Å². The number of benzene rings is 11. The molecule has 0 saturated heterocycles. The second-order valence-electron chi connectivity index (χ2n) is 17.5. The molecule has 0 saturated carbocycles. The summed E-state index contributed by atoms with van der Waals surface area (Å²) in [6.45, 7) is 0. The molecule has 14 rings (SSSR count). The van der Waals surface area contributed by atoms with Crippen molar-refractivity contribution in [3.8, 4) is 66.9 Å². The Labute approximate surface area is 390 Å². The molecule has 0 aliphatic carbocycles. The standard InChI is InChI=1S/C63H37N3S/c1-2-13-41(14-3-1)61-64-62(66-63(65-61)53-24-6-5-23-49(53)56-37-45-15-4-7-28-55(45)67-56)47-22-9-20-43(34-47)42-19-8-21-44(33-42)48-35-46-32-31-40-17-11-26-51-50-25-10-16-38-29-30-39-18-12-27-52(59(39)57(38)50)54(36-48)60(46)58(40)51/h1-37H. The van der Waals surface area contributed by atoms with Gasteiger partial charge in [0.15, 0.2) is 17.5 Å². The van der Waals surface area contributed by atoms with E-state index in [1.165, 1.54) is 85.2 Å². The van der Waals surface area contributed by atoms with Crippen LogP contribution < -0.4 is 0 Å². The van der Waals surface area contributed by atoms with Crippen molar-refractivity contribution in [2.45, 2.75) is 0 Å². The average Bonchev–Trinajstić information content (AvgIpc) is 3.84. The minimum absolute atomic E-state index is 0.631. The van der Waals surface area contributed by atoms with Gasteiger partial charge in [-0.2, -0.15) is 0 Å². The highest BCUT2D eigenvalue weighted by Crippen LogP contribution is 2.45. The molecular formula is C63H37N3S. The van der Waals surface area contributed by atoms with Crippen LogP contribution in [0, 0.1) is 0 Å². The maximum atomic E-state index is 5.25. The van der Waals surface area contributed by atoms with Gasteiger partial charge in [0, 0.05) is 31.8 Å². The minimum atomic E-state index is 0.631. The fourth-order valence-electron chi connectivity index (χ4n) is 10.5. The van der Waals surface area contributed by atoms with Gasteiger partial charge in [-0.05, 0) is 129 Å². The van der Waals surface area contributed by atoms with E-state index in [1.54, 1.807) is 11.3 Å². The van der Waals surface area contributed by atoms with Crippen LogP contribution in [0.2, 0.25) is 0 Å². The third kappa shape index (κ3) is 6.15. The molecule has 0 radical (unpaired) electrons. The van der Waals surface area contributed by atoms with Gasteiger partial charge in [-0.15, -0.1) is 11.3 Å². The summed E-state index contributed by atoms with van der Waals surface area (Å²) in [6.07, 6.45) is 0. The Morgan fingerprint density at radius 3 is 1.39 bits per heavy atom. The van der Waals surface area contributed by atoms with Crippen molar-refractivity contribution < 1.29 is 0 Å². The van der Waals surface area contributed by atoms with Crippen molar-refractivity contribution in [2.24, 2.45) is 0 Å². The van der Waals surface area contributed by atoms with E-state index in [0.717, 1.165) is 38.9 Å². The van der Waals surface area contributed by atoms with E-state index in [4.69, 9.17) is 15.0 Å². The highest BCUT2D eigenvalue weighted by atomic mass is 32.1. The quantitative estimate of drug-likeness (QED) is 0.156. The lowest BCUT2D eigenvalue weighted by Gasteiger charge is -2.17. The smallest absolute Gasteiger partial charge is 0.164 e. The molecule has 2 heterocycles. The lowest BCUT2D eigenvalue weighted by molar-refractivity contribution is 1.07. The Bertz CT molecular complexity index is 4240. The number of rotatable bonds is 6. The van der Waals surface area contributed by atoms with Gasteiger partial charge in [0.05, 0.1) is 0 Å². The lowest BCUT2D eigenvalue weighted by Crippen LogP contribution is -2.01. The van der Waals surface area contributed by atoms with Crippen LogP contribution in [0.4, 0.5) is 0 Å². The van der Waals surface area contributed by atoms with Gasteiger partial charge in [0.2, 0.25) is 0 Å². The Morgan fingerprint density at radius 1 is 0.254 bits per heavy atom. The number of hydrogen-bond donors (Lipinski definition) is 0. The maximum Gasteiger partial charge on any atom is 0.164 e. The fraction of sp³-hybridized carbons (Fsp3) is 0.